The quantitative estimate of drug-likeness (QED) is 0.270. The number of hydrogen-bond donors (Lipinski definition) is 0. The molecule has 5 heteroatoms. The Morgan fingerprint density at radius 2 is 1.37 bits per heavy atom. The molecule has 5 nitrogen and oxygen atoms in total. The van der Waals surface area contributed by atoms with Crippen molar-refractivity contribution >= 4 is 17.7 Å². The lowest BCUT2D eigenvalue weighted by atomic mass is 10.0. The maximum atomic E-state index is 12.4. The topological polar surface area (TPSA) is 69.4 Å². The molecule has 0 N–H and O–H groups in total. The number of rotatable bonds is 6. The lowest BCUT2D eigenvalue weighted by molar-refractivity contribution is -0.385. The number of nitrogens with zero attached hydrogens (tertiary/aromatic N) is 1. The van der Waals surface area contributed by atoms with E-state index in [1.54, 1.807) is 18.2 Å². The molecule has 0 radical (unpaired) electrons. The molecular weight excluding hydrogens is 342 g/mol. The Morgan fingerprint density at radius 3 is 1.93 bits per heavy atom. The largest absolute Gasteiger partial charge is 0.449 e. The molecule has 0 aromatic heterocycles. The molecule has 3 aromatic carbocycles. The molecule has 0 saturated heterocycles. The number of nitro benzene ring substituents is 1. The number of hydrogen-bond acceptors (Lipinski definition) is 4. The van der Waals surface area contributed by atoms with Crippen LogP contribution in [0.5, 0.6) is 0 Å². The van der Waals surface area contributed by atoms with Crippen molar-refractivity contribution in [1.82, 2.24) is 0 Å². The molecule has 0 atom stereocenters. The molecule has 0 aliphatic heterocycles. The van der Waals surface area contributed by atoms with Crippen LogP contribution >= 0.6 is 0 Å². The van der Waals surface area contributed by atoms with Gasteiger partial charge in [-0.3, -0.25) is 10.1 Å². The highest BCUT2D eigenvalue weighted by Crippen LogP contribution is 2.26. The summed E-state index contributed by atoms with van der Waals surface area (Å²) in [6.07, 6.45) is 2.05. The molecule has 0 unspecified atom stereocenters. The Labute approximate surface area is 156 Å². The first kappa shape index (κ1) is 18.1. The summed E-state index contributed by atoms with van der Waals surface area (Å²) < 4.78 is 5.65. The van der Waals surface area contributed by atoms with Crippen molar-refractivity contribution in [2.75, 3.05) is 0 Å². The maximum Gasteiger partial charge on any atom is 0.331 e. The van der Waals surface area contributed by atoms with Crippen molar-refractivity contribution in [3.63, 3.8) is 0 Å². The molecule has 0 fully saturated rings. The van der Waals surface area contributed by atoms with Crippen LogP contribution in [0.3, 0.4) is 0 Å². The Balaban J connectivity index is 1.83. The Morgan fingerprint density at radius 1 is 0.852 bits per heavy atom. The predicted octanol–water partition coefficient (Wildman–Crippen LogP) is 4.94. The zero-order chi connectivity index (χ0) is 19.1. The summed E-state index contributed by atoms with van der Waals surface area (Å²) in [4.78, 5) is 23.0. The summed E-state index contributed by atoms with van der Waals surface area (Å²) in [5.74, 6) is -0.578. The zero-order valence-electron chi connectivity index (χ0n) is 14.4. The summed E-state index contributed by atoms with van der Waals surface area (Å²) in [5.41, 5.74) is 1.96. The van der Waals surface area contributed by atoms with E-state index in [0.717, 1.165) is 11.1 Å². The highest BCUT2D eigenvalue weighted by atomic mass is 16.6. The molecule has 0 saturated carbocycles. The smallest absolute Gasteiger partial charge is 0.331 e. The zero-order valence-corrected chi connectivity index (χ0v) is 14.4. The Hall–Kier alpha value is -3.73. The number of nitro groups is 1. The normalized spacial score (nSPS) is 10.9. The third kappa shape index (κ3) is 4.67. The number of para-hydroxylation sites is 1. The molecule has 27 heavy (non-hydrogen) atoms. The molecule has 0 spiro atoms. The molecule has 0 aliphatic carbocycles. The SMILES string of the molecule is O=C(/C=C/c1ccccc1[N+](=O)[O-])OC(c1ccccc1)c1ccccc1. The van der Waals surface area contributed by atoms with Gasteiger partial charge in [0.05, 0.1) is 10.5 Å². The molecular formula is C22H17NO4. The third-order valence-electron chi connectivity index (χ3n) is 3.97. The fourth-order valence-electron chi connectivity index (χ4n) is 2.69. The minimum Gasteiger partial charge on any atom is -0.449 e. The van der Waals surface area contributed by atoms with Crippen molar-refractivity contribution in [1.29, 1.82) is 0 Å². The van der Waals surface area contributed by atoms with Gasteiger partial charge in [0, 0.05) is 12.1 Å². The van der Waals surface area contributed by atoms with E-state index < -0.39 is 17.0 Å². The van der Waals surface area contributed by atoms with Crippen molar-refractivity contribution < 1.29 is 14.5 Å². The Kier molecular flexibility index (Phi) is 5.74. The number of carbonyl (C=O) groups is 1. The van der Waals surface area contributed by atoms with E-state index in [1.165, 1.54) is 18.2 Å². The van der Waals surface area contributed by atoms with Gasteiger partial charge in [-0.05, 0) is 23.3 Å². The molecule has 0 heterocycles. The summed E-state index contributed by atoms with van der Waals surface area (Å²) in [6.45, 7) is 0. The molecule has 0 aliphatic rings. The first-order valence-corrected chi connectivity index (χ1v) is 8.37. The highest BCUT2D eigenvalue weighted by Gasteiger charge is 2.18. The van der Waals surface area contributed by atoms with Gasteiger partial charge in [-0.25, -0.2) is 4.79 Å². The predicted molar refractivity (Wildman–Crippen MR) is 103 cm³/mol. The lowest BCUT2D eigenvalue weighted by Gasteiger charge is -2.18. The molecule has 3 rings (SSSR count). The van der Waals surface area contributed by atoms with Gasteiger partial charge in [-0.2, -0.15) is 0 Å². The van der Waals surface area contributed by atoms with E-state index in [9.17, 15) is 14.9 Å². The van der Waals surface area contributed by atoms with Crippen LogP contribution < -0.4 is 0 Å². The second-order valence-electron chi connectivity index (χ2n) is 5.79. The van der Waals surface area contributed by atoms with Crippen LogP contribution in [0.1, 0.15) is 22.8 Å². The minimum absolute atomic E-state index is 0.0655. The summed E-state index contributed by atoms with van der Waals surface area (Å²) >= 11 is 0. The van der Waals surface area contributed by atoms with Crippen LogP contribution in [-0.2, 0) is 9.53 Å². The number of carbonyl (C=O) groups excluding carboxylic acids is 1. The van der Waals surface area contributed by atoms with Gasteiger partial charge in [0.2, 0.25) is 0 Å². The third-order valence-corrected chi connectivity index (χ3v) is 3.97. The van der Waals surface area contributed by atoms with Crippen LogP contribution in [0.2, 0.25) is 0 Å². The summed E-state index contributed by atoms with van der Waals surface area (Å²) in [7, 11) is 0. The van der Waals surface area contributed by atoms with Gasteiger partial charge in [-0.1, -0.05) is 72.8 Å². The van der Waals surface area contributed by atoms with E-state index in [1.807, 2.05) is 60.7 Å². The van der Waals surface area contributed by atoms with Crippen molar-refractivity contribution in [3.8, 4) is 0 Å². The van der Waals surface area contributed by atoms with Crippen LogP contribution in [0.4, 0.5) is 5.69 Å². The van der Waals surface area contributed by atoms with Crippen LogP contribution in [0.25, 0.3) is 6.08 Å². The lowest BCUT2D eigenvalue weighted by Crippen LogP contribution is -2.10. The fourth-order valence-corrected chi connectivity index (χ4v) is 2.69. The Bertz CT molecular complexity index is 913. The fraction of sp³-hybridized carbons (Fsp3) is 0.0455. The van der Waals surface area contributed by atoms with Crippen molar-refractivity contribution in [2.45, 2.75) is 6.10 Å². The van der Waals surface area contributed by atoms with Crippen molar-refractivity contribution in [2.24, 2.45) is 0 Å². The van der Waals surface area contributed by atoms with Crippen molar-refractivity contribution in [3.05, 3.63) is 118 Å². The van der Waals surface area contributed by atoms with Gasteiger partial charge in [0.15, 0.2) is 6.10 Å². The van der Waals surface area contributed by atoms with E-state index in [2.05, 4.69) is 0 Å². The van der Waals surface area contributed by atoms with Gasteiger partial charge in [0.1, 0.15) is 0 Å². The monoisotopic (exact) mass is 359 g/mol. The second-order valence-corrected chi connectivity index (χ2v) is 5.79. The van der Waals surface area contributed by atoms with E-state index in [0.29, 0.717) is 5.56 Å². The van der Waals surface area contributed by atoms with Gasteiger partial charge >= 0.3 is 5.97 Å². The highest BCUT2D eigenvalue weighted by molar-refractivity contribution is 5.88. The number of benzene rings is 3. The number of esters is 1. The molecule has 134 valence electrons. The van der Waals surface area contributed by atoms with Gasteiger partial charge in [0.25, 0.3) is 5.69 Å². The van der Waals surface area contributed by atoms with Crippen LogP contribution in [0.15, 0.2) is 91.0 Å². The molecule has 0 amide bonds. The first-order valence-electron chi connectivity index (χ1n) is 8.37. The maximum absolute atomic E-state index is 12.4. The van der Waals surface area contributed by atoms with E-state index in [-0.39, 0.29) is 5.69 Å². The van der Waals surface area contributed by atoms with Gasteiger partial charge in [-0.15, -0.1) is 0 Å². The van der Waals surface area contributed by atoms with Crippen LogP contribution in [0, 0.1) is 10.1 Å². The van der Waals surface area contributed by atoms with Crippen LogP contribution in [-0.4, -0.2) is 10.9 Å². The second kappa shape index (κ2) is 8.58. The first-order chi connectivity index (χ1) is 13.1. The molecule has 0 bridgehead atoms. The summed E-state index contributed by atoms with van der Waals surface area (Å²) in [5, 5.41) is 11.1. The van der Waals surface area contributed by atoms with E-state index >= 15 is 0 Å². The average Bonchev–Trinajstić information content (AvgIpc) is 2.72. The van der Waals surface area contributed by atoms with Gasteiger partial charge < -0.3 is 4.74 Å². The average molecular weight is 359 g/mol. The molecule has 3 aromatic rings. The number of ether oxygens (including phenoxy) is 1. The summed E-state index contributed by atoms with van der Waals surface area (Å²) in [6, 6.07) is 25.1. The minimum atomic E-state index is -0.578. The van der Waals surface area contributed by atoms with E-state index in [4.69, 9.17) is 4.74 Å². The standard InChI is InChI=1S/C22H17NO4/c24-21(16-15-17-9-7-8-14-20(17)23(25)26)27-22(18-10-3-1-4-11-18)19-12-5-2-6-13-19/h1-16,22H/b16-15+.